The van der Waals surface area contributed by atoms with Crippen LogP contribution in [0.2, 0.25) is 5.02 Å². The minimum absolute atomic E-state index is 0.0860. The minimum atomic E-state index is 0.0860. The van der Waals surface area contributed by atoms with Gasteiger partial charge in [-0.3, -0.25) is 0 Å². The van der Waals surface area contributed by atoms with Crippen LogP contribution in [0.15, 0.2) is 12.3 Å². The van der Waals surface area contributed by atoms with Crippen molar-refractivity contribution in [3.63, 3.8) is 0 Å². The van der Waals surface area contributed by atoms with Crippen LogP contribution in [0.4, 0.5) is 5.82 Å². The molecule has 0 saturated heterocycles. The van der Waals surface area contributed by atoms with Gasteiger partial charge in [-0.2, -0.15) is 0 Å². The number of hydrogen-bond donors (Lipinski definition) is 1. The van der Waals surface area contributed by atoms with Crippen molar-refractivity contribution in [3.05, 3.63) is 22.8 Å². The Balaban J connectivity index is 2.88. The zero-order valence-electron chi connectivity index (χ0n) is 14.7. The molecule has 1 atom stereocenters. The van der Waals surface area contributed by atoms with Crippen LogP contribution in [0, 0.1) is 5.41 Å². The number of anilines is 1. The fourth-order valence-corrected chi connectivity index (χ4v) is 2.28. The van der Waals surface area contributed by atoms with E-state index in [0.717, 1.165) is 17.9 Å². The van der Waals surface area contributed by atoms with Gasteiger partial charge in [-0.05, 0) is 44.7 Å². The molecule has 0 aliphatic rings. The predicted molar refractivity (Wildman–Crippen MR) is 93.2 cm³/mol. The third-order valence-electron chi connectivity index (χ3n) is 3.87. The topological polar surface area (TPSA) is 28.2 Å². The van der Waals surface area contributed by atoms with Crippen molar-refractivity contribution in [2.75, 3.05) is 11.9 Å². The maximum atomic E-state index is 6.44. The number of hydrogen-bond acceptors (Lipinski definition) is 3. The summed E-state index contributed by atoms with van der Waals surface area (Å²) in [4.78, 5) is 6.72. The number of nitrogens with one attached hydrogen (secondary N) is 1. The van der Waals surface area contributed by atoms with Crippen LogP contribution in [0.25, 0.3) is 0 Å². The standard InChI is InChI=1S/C17H30ClN3/c1-12(16(2,3)4)21(8)15-14(18)9-13(10-19-15)11-20-17(5,6)7/h9-10,12,20H,11H2,1-8H3. The summed E-state index contributed by atoms with van der Waals surface area (Å²) >= 11 is 6.44. The molecule has 0 aliphatic carbocycles. The lowest BCUT2D eigenvalue weighted by atomic mass is 9.87. The molecular weight excluding hydrogens is 282 g/mol. The molecule has 0 bridgehead atoms. The third-order valence-corrected chi connectivity index (χ3v) is 4.15. The quantitative estimate of drug-likeness (QED) is 0.887. The summed E-state index contributed by atoms with van der Waals surface area (Å²) in [5.41, 5.74) is 1.37. The summed E-state index contributed by atoms with van der Waals surface area (Å²) in [7, 11) is 2.05. The molecule has 0 aliphatic heterocycles. The third kappa shape index (κ3) is 5.48. The van der Waals surface area contributed by atoms with Crippen LogP contribution < -0.4 is 10.2 Å². The van der Waals surface area contributed by atoms with Gasteiger partial charge in [-0.15, -0.1) is 0 Å². The molecule has 0 amide bonds. The zero-order chi connectivity index (χ0) is 16.4. The van der Waals surface area contributed by atoms with Crippen LogP contribution in [-0.2, 0) is 6.54 Å². The highest BCUT2D eigenvalue weighted by Crippen LogP contribution is 2.30. The summed E-state index contributed by atoms with van der Waals surface area (Å²) in [6, 6.07) is 2.36. The Morgan fingerprint density at radius 2 is 1.81 bits per heavy atom. The van der Waals surface area contributed by atoms with Gasteiger partial charge in [0, 0.05) is 31.4 Å². The highest BCUT2D eigenvalue weighted by molar-refractivity contribution is 6.33. The Morgan fingerprint density at radius 3 is 2.24 bits per heavy atom. The molecule has 1 aromatic rings. The smallest absolute Gasteiger partial charge is 0.147 e. The summed E-state index contributed by atoms with van der Waals surface area (Å²) < 4.78 is 0. The molecular formula is C17H30ClN3. The first-order chi connectivity index (χ1) is 9.42. The van der Waals surface area contributed by atoms with Crippen molar-refractivity contribution in [2.45, 2.75) is 66.6 Å². The Morgan fingerprint density at radius 1 is 1.24 bits per heavy atom. The van der Waals surface area contributed by atoms with Gasteiger partial charge >= 0.3 is 0 Å². The van der Waals surface area contributed by atoms with E-state index in [9.17, 15) is 0 Å². The first-order valence-electron chi connectivity index (χ1n) is 7.54. The molecule has 21 heavy (non-hydrogen) atoms. The largest absolute Gasteiger partial charge is 0.355 e. The summed E-state index contributed by atoms with van der Waals surface area (Å²) in [5.74, 6) is 0.846. The van der Waals surface area contributed by atoms with Gasteiger partial charge < -0.3 is 10.2 Å². The van der Waals surface area contributed by atoms with Crippen molar-refractivity contribution in [1.29, 1.82) is 0 Å². The van der Waals surface area contributed by atoms with E-state index < -0.39 is 0 Å². The normalized spacial score (nSPS) is 14.1. The maximum absolute atomic E-state index is 6.44. The molecule has 1 unspecified atom stereocenters. The van der Waals surface area contributed by atoms with Crippen LogP contribution in [-0.4, -0.2) is 23.6 Å². The molecule has 0 saturated carbocycles. The van der Waals surface area contributed by atoms with Crippen molar-refractivity contribution in [2.24, 2.45) is 5.41 Å². The average molecular weight is 312 g/mol. The van der Waals surface area contributed by atoms with Gasteiger partial charge in [0.2, 0.25) is 0 Å². The molecule has 120 valence electrons. The second-order valence-electron chi connectivity index (χ2n) is 7.91. The first kappa shape index (κ1) is 18.2. The highest BCUT2D eigenvalue weighted by atomic mass is 35.5. The lowest BCUT2D eigenvalue weighted by molar-refractivity contribution is 0.328. The summed E-state index contributed by atoms with van der Waals surface area (Å²) in [6.45, 7) is 16.1. The average Bonchev–Trinajstić information content (AvgIpc) is 2.32. The number of halogens is 1. The first-order valence-corrected chi connectivity index (χ1v) is 7.92. The van der Waals surface area contributed by atoms with Crippen molar-refractivity contribution >= 4 is 17.4 Å². The van der Waals surface area contributed by atoms with Gasteiger partial charge in [-0.1, -0.05) is 32.4 Å². The summed E-state index contributed by atoms with van der Waals surface area (Å²) in [5, 5.41) is 4.16. The monoisotopic (exact) mass is 311 g/mol. The predicted octanol–water partition coefficient (Wildman–Crippen LogP) is 4.49. The van der Waals surface area contributed by atoms with Crippen LogP contribution >= 0.6 is 11.6 Å². The fourth-order valence-electron chi connectivity index (χ4n) is 1.96. The van der Waals surface area contributed by atoms with Crippen LogP contribution in [0.5, 0.6) is 0 Å². The molecule has 1 aromatic heterocycles. The Labute approximate surface area is 135 Å². The molecule has 0 fully saturated rings. The van der Waals surface area contributed by atoms with Gasteiger partial charge in [0.25, 0.3) is 0 Å². The SMILES string of the molecule is CC(N(C)c1ncc(CNC(C)(C)C)cc1Cl)C(C)(C)C. The lowest BCUT2D eigenvalue weighted by Gasteiger charge is -2.36. The molecule has 1 N–H and O–H groups in total. The van der Waals surface area contributed by atoms with E-state index >= 15 is 0 Å². The second kappa shape index (κ2) is 6.53. The molecule has 0 radical (unpaired) electrons. The number of aromatic nitrogens is 1. The van der Waals surface area contributed by atoms with E-state index in [4.69, 9.17) is 11.6 Å². The Hall–Kier alpha value is -0.800. The Kier molecular flexibility index (Phi) is 5.68. The molecule has 0 spiro atoms. The van der Waals surface area contributed by atoms with E-state index in [-0.39, 0.29) is 11.0 Å². The molecule has 1 heterocycles. The number of rotatable bonds is 4. The van der Waals surface area contributed by atoms with E-state index in [1.54, 1.807) is 0 Å². The van der Waals surface area contributed by atoms with E-state index in [0.29, 0.717) is 11.1 Å². The molecule has 0 aromatic carbocycles. The van der Waals surface area contributed by atoms with E-state index in [1.165, 1.54) is 0 Å². The zero-order valence-corrected chi connectivity index (χ0v) is 15.5. The van der Waals surface area contributed by atoms with Gasteiger partial charge in [0.05, 0.1) is 5.02 Å². The van der Waals surface area contributed by atoms with Crippen LogP contribution in [0.3, 0.4) is 0 Å². The van der Waals surface area contributed by atoms with Gasteiger partial charge in [-0.25, -0.2) is 4.98 Å². The van der Waals surface area contributed by atoms with E-state index in [2.05, 4.69) is 70.7 Å². The van der Waals surface area contributed by atoms with Crippen molar-refractivity contribution in [1.82, 2.24) is 10.3 Å². The van der Waals surface area contributed by atoms with Crippen molar-refractivity contribution in [3.8, 4) is 0 Å². The van der Waals surface area contributed by atoms with Crippen molar-refractivity contribution < 1.29 is 0 Å². The van der Waals surface area contributed by atoms with Gasteiger partial charge in [0.1, 0.15) is 5.82 Å². The molecule has 3 nitrogen and oxygen atoms in total. The molecule has 1 rings (SSSR count). The minimum Gasteiger partial charge on any atom is -0.355 e. The number of nitrogens with zero attached hydrogens (tertiary/aromatic N) is 2. The van der Waals surface area contributed by atoms with Gasteiger partial charge in [0.15, 0.2) is 0 Å². The Bertz CT molecular complexity index is 472. The maximum Gasteiger partial charge on any atom is 0.147 e. The fraction of sp³-hybridized carbons (Fsp3) is 0.706. The summed E-state index contributed by atoms with van der Waals surface area (Å²) in [6.07, 6.45) is 1.91. The second-order valence-corrected chi connectivity index (χ2v) is 8.31. The van der Waals surface area contributed by atoms with Crippen LogP contribution in [0.1, 0.15) is 54.0 Å². The van der Waals surface area contributed by atoms with E-state index in [1.807, 2.05) is 12.3 Å². The number of pyridine rings is 1. The lowest BCUT2D eigenvalue weighted by Crippen LogP contribution is -2.40. The highest BCUT2D eigenvalue weighted by Gasteiger charge is 2.26. The molecule has 4 heteroatoms.